The smallest absolute Gasteiger partial charge is 0.309 e. The molecular formula is C55H86O5. The summed E-state index contributed by atoms with van der Waals surface area (Å²) >= 11 is 0. The van der Waals surface area contributed by atoms with Crippen molar-refractivity contribution in [3.63, 3.8) is 0 Å². The molecule has 0 aliphatic rings. The summed E-state index contributed by atoms with van der Waals surface area (Å²) < 4.78 is 10.5. The van der Waals surface area contributed by atoms with Crippen molar-refractivity contribution < 1.29 is 24.2 Å². The van der Waals surface area contributed by atoms with E-state index in [9.17, 15) is 14.7 Å². The second kappa shape index (κ2) is 49.4. The maximum Gasteiger partial charge on any atom is 0.309 e. The monoisotopic (exact) mass is 827 g/mol. The van der Waals surface area contributed by atoms with Gasteiger partial charge in [0.2, 0.25) is 0 Å². The molecule has 0 bridgehead atoms. The number of rotatable bonds is 41. The van der Waals surface area contributed by atoms with E-state index >= 15 is 0 Å². The number of hydrogen-bond acceptors (Lipinski definition) is 5. The Balaban J connectivity index is 3.63. The van der Waals surface area contributed by atoms with Crippen molar-refractivity contribution in [3.05, 3.63) is 134 Å². The lowest BCUT2D eigenvalue weighted by atomic mass is 10.0. The standard InChI is InChI=1S/C55H86O5/c1-3-5-7-9-11-13-15-17-19-20-21-22-23-24-25-26-27-28-29-30-31-32-33-34-36-38-40-42-44-46-48-50-55(58)60-53(51-56)52-59-54(57)49-47-45-43-41-39-37-35-18-16-14-12-10-8-6-4-2/h5-8,11-14,17-19,21-22,24-25,27-28,35,39,41,45,47,53,56H,3-4,9-10,15-16,20,23,26,29-34,36-38,40,42-44,46,48-52H2,1-2H3/b7-5-,8-6-,13-11-,14-12-,19-17-,22-21-,25-24-,28-27-,35-18-,41-39-,47-45-. The minimum absolute atomic E-state index is 0.129. The highest BCUT2D eigenvalue weighted by Crippen LogP contribution is 2.14. The molecule has 0 aliphatic heterocycles. The van der Waals surface area contributed by atoms with Gasteiger partial charge in [-0.3, -0.25) is 9.59 Å². The molecule has 60 heavy (non-hydrogen) atoms. The zero-order valence-electron chi connectivity index (χ0n) is 38.2. The van der Waals surface area contributed by atoms with Crippen LogP contribution in [-0.2, 0) is 19.1 Å². The largest absolute Gasteiger partial charge is 0.461 e. The molecule has 1 atom stereocenters. The zero-order chi connectivity index (χ0) is 43.5. The SMILES string of the molecule is CC/C=C\C/C=C\C/C=C\C/C=C\C/C=C\C/C=C\CCCCCCCCCCCCCCC(=O)OC(CO)COC(=O)C/C=C\C/C=C\C/C=C\C/C=C\C/C=C\CC. The van der Waals surface area contributed by atoms with Crippen molar-refractivity contribution in [1.29, 1.82) is 0 Å². The highest BCUT2D eigenvalue weighted by Gasteiger charge is 2.15. The van der Waals surface area contributed by atoms with Gasteiger partial charge in [0, 0.05) is 6.42 Å². The highest BCUT2D eigenvalue weighted by atomic mass is 16.6. The number of allylic oxidation sites excluding steroid dienone is 21. The zero-order valence-corrected chi connectivity index (χ0v) is 38.2. The first kappa shape index (κ1) is 56.0. The number of unbranched alkanes of at least 4 members (excludes halogenated alkanes) is 12. The van der Waals surface area contributed by atoms with Crippen LogP contribution in [0.4, 0.5) is 0 Å². The van der Waals surface area contributed by atoms with E-state index in [1.807, 2.05) is 6.08 Å². The van der Waals surface area contributed by atoms with Crippen molar-refractivity contribution in [1.82, 2.24) is 0 Å². The van der Waals surface area contributed by atoms with Crippen LogP contribution in [0.1, 0.15) is 181 Å². The fraction of sp³-hybridized carbons (Fsp3) is 0.564. The molecule has 0 amide bonds. The molecule has 0 radical (unpaired) electrons. The van der Waals surface area contributed by atoms with Gasteiger partial charge in [0.15, 0.2) is 6.10 Å². The Kier molecular flexibility index (Phi) is 46.1. The van der Waals surface area contributed by atoms with Crippen molar-refractivity contribution in [2.45, 2.75) is 187 Å². The maximum absolute atomic E-state index is 12.2. The van der Waals surface area contributed by atoms with E-state index < -0.39 is 12.1 Å². The summed E-state index contributed by atoms with van der Waals surface area (Å²) in [6.45, 7) is 3.80. The van der Waals surface area contributed by atoms with Gasteiger partial charge in [0.05, 0.1) is 13.0 Å². The number of carbonyl (C=O) groups excluding carboxylic acids is 2. The lowest BCUT2D eigenvalue weighted by Gasteiger charge is -2.15. The molecule has 0 aromatic carbocycles. The van der Waals surface area contributed by atoms with E-state index in [4.69, 9.17) is 9.47 Å². The number of aliphatic hydroxyl groups is 1. The van der Waals surface area contributed by atoms with Gasteiger partial charge in [0.1, 0.15) is 6.61 Å². The van der Waals surface area contributed by atoms with E-state index in [-0.39, 0.29) is 25.6 Å². The molecule has 0 rings (SSSR count). The average Bonchev–Trinajstić information content (AvgIpc) is 3.25. The molecule has 336 valence electrons. The molecular weight excluding hydrogens is 741 g/mol. The van der Waals surface area contributed by atoms with Crippen molar-refractivity contribution in [2.24, 2.45) is 0 Å². The summed E-state index contributed by atoms with van der Waals surface area (Å²) in [5.41, 5.74) is 0. The minimum atomic E-state index is -0.822. The number of esters is 2. The summed E-state index contributed by atoms with van der Waals surface area (Å²) in [5, 5.41) is 9.58. The Morgan fingerprint density at radius 1 is 0.400 bits per heavy atom. The minimum Gasteiger partial charge on any atom is -0.461 e. The molecule has 5 heteroatoms. The van der Waals surface area contributed by atoms with Crippen LogP contribution in [0.5, 0.6) is 0 Å². The summed E-state index contributed by atoms with van der Waals surface area (Å²) in [6.07, 6.45) is 74.2. The highest BCUT2D eigenvalue weighted by molar-refractivity contribution is 5.71. The lowest BCUT2D eigenvalue weighted by Crippen LogP contribution is -2.28. The normalized spacial score (nSPS) is 13.4. The first-order valence-electron chi connectivity index (χ1n) is 23.7. The summed E-state index contributed by atoms with van der Waals surface area (Å²) in [5.74, 6) is -0.751. The summed E-state index contributed by atoms with van der Waals surface area (Å²) in [4.78, 5) is 24.3. The van der Waals surface area contributed by atoms with Gasteiger partial charge in [0.25, 0.3) is 0 Å². The Morgan fingerprint density at radius 3 is 1.08 bits per heavy atom. The molecule has 0 saturated heterocycles. The van der Waals surface area contributed by atoms with Crippen LogP contribution in [0.3, 0.4) is 0 Å². The third-order valence-corrected chi connectivity index (χ3v) is 9.47. The van der Waals surface area contributed by atoms with Crippen LogP contribution in [0, 0.1) is 0 Å². The fourth-order valence-electron chi connectivity index (χ4n) is 5.98. The molecule has 1 unspecified atom stereocenters. The number of ether oxygens (including phenoxy) is 2. The van der Waals surface area contributed by atoms with Crippen LogP contribution >= 0.6 is 0 Å². The molecule has 0 heterocycles. The van der Waals surface area contributed by atoms with Crippen molar-refractivity contribution >= 4 is 11.9 Å². The van der Waals surface area contributed by atoms with Gasteiger partial charge in [-0.25, -0.2) is 0 Å². The van der Waals surface area contributed by atoms with Crippen molar-refractivity contribution in [2.75, 3.05) is 13.2 Å². The number of hydrogen-bond donors (Lipinski definition) is 1. The number of carbonyl (C=O) groups is 2. The Labute approximate surface area is 368 Å². The average molecular weight is 827 g/mol. The van der Waals surface area contributed by atoms with Crippen LogP contribution in [-0.4, -0.2) is 36.4 Å². The van der Waals surface area contributed by atoms with Gasteiger partial charge in [-0.05, 0) is 89.9 Å². The van der Waals surface area contributed by atoms with E-state index in [1.54, 1.807) is 6.08 Å². The third-order valence-electron chi connectivity index (χ3n) is 9.47. The summed E-state index contributed by atoms with van der Waals surface area (Å²) in [6, 6.07) is 0. The predicted octanol–water partition coefficient (Wildman–Crippen LogP) is 15.7. The molecule has 1 N–H and O–H groups in total. The van der Waals surface area contributed by atoms with Gasteiger partial charge in [-0.15, -0.1) is 0 Å². The second-order valence-corrected chi connectivity index (χ2v) is 15.1. The molecule has 0 spiro atoms. The Bertz CT molecular complexity index is 1300. The van der Waals surface area contributed by atoms with Gasteiger partial charge in [-0.1, -0.05) is 212 Å². The molecule has 0 aromatic rings. The first-order chi connectivity index (χ1) is 29.6. The van der Waals surface area contributed by atoms with Crippen LogP contribution in [0.25, 0.3) is 0 Å². The van der Waals surface area contributed by atoms with Crippen LogP contribution < -0.4 is 0 Å². The fourth-order valence-corrected chi connectivity index (χ4v) is 5.98. The molecule has 0 aliphatic carbocycles. The van der Waals surface area contributed by atoms with E-state index in [0.717, 1.165) is 89.9 Å². The quantitative estimate of drug-likeness (QED) is 0.0378. The second-order valence-electron chi connectivity index (χ2n) is 15.1. The Hall–Kier alpha value is -3.96. The summed E-state index contributed by atoms with van der Waals surface area (Å²) in [7, 11) is 0. The molecule has 0 aromatic heterocycles. The van der Waals surface area contributed by atoms with Gasteiger partial charge >= 0.3 is 11.9 Å². The molecule has 5 nitrogen and oxygen atoms in total. The number of aliphatic hydroxyl groups excluding tert-OH is 1. The van der Waals surface area contributed by atoms with E-state index in [0.29, 0.717) is 6.42 Å². The third kappa shape index (κ3) is 46.7. The predicted molar refractivity (Wildman–Crippen MR) is 260 cm³/mol. The van der Waals surface area contributed by atoms with Gasteiger partial charge < -0.3 is 14.6 Å². The van der Waals surface area contributed by atoms with Gasteiger partial charge in [-0.2, -0.15) is 0 Å². The Morgan fingerprint density at radius 2 is 0.717 bits per heavy atom. The maximum atomic E-state index is 12.2. The van der Waals surface area contributed by atoms with Crippen LogP contribution in [0.15, 0.2) is 134 Å². The first-order valence-corrected chi connectivity index (χ1v) is 23.7. The van der Waals surface area contributed by atoms with Crippen LogP contribution in [0.2, 0.25) is 0 Å². The topological polar surface area (TPSA) is 72.8 Å². The van der Waals surface area contributed by atoms with Crippen molar-refractivity contribution in [3.8, 4) is 0 Å². The van der Waals surface area contributed by atoms with E-state index in [1.165, 1.54) is 64.2 Å². The van der Waals surface area contributed by atoms with E-state index in [2.05, 4.69) is 135 Å². The molecule has 0 saturated carbocycles. The molecule has 0 fully saturated rings. The lowest BCUT2D eigenvalue weighted by molar-refractivity contribution is -0.161.